The van der Waals surface area contributed by atoms with Crippen LogP contribution in [0.4, 0.5) is 4.39 Å². The topological polar surface area (TPSA) is 48.2 Å². The Labute approximate surface area is 198 Å². The highest BCUT2D eigenvalue weighted by molar-refractivity contribution is 6.74. The first-order chi connectivity index (χ1) is 15.7. The summed E-state index contributed by atoms with van der Waals surface area (Å²) in [4.78, 5) is 8.72. The molecule has 3 rings (SSSR count). The number of nitrogens with zero attached hydrogens (tertiary/aromatic N) is 2. The van der Waals surface area contributed by atoms with Crippen LogP contribution in [0.3, 0.4) is 0 Å². The number of hydrogen-bond acceptors (Lipinski definition) is 4. The Hall–Kier alpha value is -2.31. The first-order valence-corrected chi connectivity index (χ1v) is 14.9. The Balaban J connectivity index is 1.63. The maximum atomic E-state index is 13.6. The third-order valence-electron chi connectivity index (χ3n) is 6.54. The van der Waals surface area contributed by atoms with Crippen LogP contribution in [-0.4, -0.2) is 18.3 Å². The van der Waals surface area contributed by atoms with Gasteiger partial charge in [-0.05, 0) is 49.0 Å². The highest BCUT2D eigenvalue weighted by atomic mass is 28.4. The molecule has 2 aromatic heterocycles. The van der Waals surface area contributed by atoms with Crippen molar-refractivity contribution in [2.24, 2.45) is 0 Å². The summed E-state index contributed by atoms with van der Waals surface area (Å²) >= 11 is 0. The van der Waals surface area contributed by atoms with Gasteiger partial charge in [-0.3, -0.25) is 4.98 Å². The second-order valence-electron chi connectivity index (χ2n) is 10.2. The van der Waals surface area contributed by atoms with Crippen LogP contribution >= 0.6 is 0 Å². The fraction of sp³-hybridized carbons (Fsp3) is 0.481. The Morgan fingerprint density at radius 1 is 1.00 bits per heavy atom. The van der Waals surface area contributed by atoms with Gasteiger partial charge in [0.05, 0.1) is 6.20 Å². The third-order valence-corrected chi connectivity index (χ3v) is 11.0. The molecule has 0 amide bonds. The quantitative estimate of drug-likeness (QED) is 0.210. The zero-order valence-electron chi connectivity index (χ0n) is 20.6. The van der Waals surface area contributed by atoms with E-state index in [-0.39, 0.29) is 17.0 Å². The molecule has 0 radical (unpaired) electrons. The molecule has 0 aliphatic heterocycles. The first kappa shape index (κ1) is 25.3. The number of halogens is 1. The van der Waals surface area contributed by atoms with Crippen molar-refractivity contribution in [1.82, 2.24) is 9.97 Å². The van der Waals surface area contributed by atoms with E-state index in [0.29, 0.717) is 17.3 Å². The molecule has 0 saturated carbocycles. The van der Waals surface area contributed by atoms with Gasteiger partial charge < -0.3 is 8.84 Å². The largest absolute Gasteiger partial charge is 0.436 e. The molecule has 0 aliphatic rings. The number of rotatable bonds is 11. The van der Waals surface area contributed by atoms with Crippen LogP contribution in [0.15, 0.2) is 59.3 Å². The summed E-state index contributed by atoms with van der Waals surface area (Å²) in [5.74, 6) is 0.684. The van der Waals surface area contributed by atoms with E-state index in [1.165, 1.54) is 36.7 Å². The Bertz CT molecular complexity index is 999. The molecule has 6 heteroatoms. The van der Waals surface area contributed by atoms with Gasteiger partial charge in [0.15, 0.2) is 14.1 Å². The molecule has 0 aliphatic carbocycles. The molecule has 0 spiro atoms. The van der Waals surface area contributed by atoms with Crippen molar-refractivity contribution >= 4 is 8.32 Å². The van der Waals surface area contributed by atoms with Gasteiger partial charge in [-0.2, -0.15) is 0 Å². The Kier molecular flexibility index (Phi) is 8.60. The average molecular weight is 469 g/mol. The van der Waals surface area contributed by atoms with Crippen LogP contribution in [-0.2, 0) is 10.8 Å². The van der Waals surface area contributed by atoms with Gasteiger partial charge in [-0.25, -0.2) is 9.37 Å². The number of pyridine rings is 1. The van der Waals surface area contributed by atoms with Crippen LogP contribution in [0, 0.1) is 5.82 Å². The standard InChI is InChI=1S/C27H37FN2O2Si/c1-27(2,3)33(4,5)32-24(16-12-7-6-9-13-21-14-10-8-11-15-21)26-30-20-25(31-26)23-19-22(28)17-18-29-23/h8,10-11,14-15,17-20,24H,6-7,9,12-13,16H2,1-5H3. The second-order valence-corrected chi connectivity index (χ2v) is 15.0. The van der Waals surface area contributed by atoms with Gasteiger partial charge in [0, 0.05) is 12.3 Å². The summed E-state index contributed by atoms with van der Waals surface area (Å²) in [6.07, 6.45) is 9.39. The zero-order chi connectivity index (χ0) is 23.9. The van der Waals surface area contributed by atoms with Gasteiger partial charge in [-0.15, -0.1) is 0 Å². The number of oxazole rings is 1. The lowest BCUT2D eigenvalue weighted by molar-refractivity contribution is 0.139. The number of hydrogen-bond donors (Lipinski definition) is 0. The number of aromatic nitrogens is 2. The molecule has 0 bridgehead atoms. The highest BCUT2D eigenvalue weighted by Crippen LogP contribution is 2.41. The maximum absolute atomic E-state index is 13.6. The monoisotopic (exact) mass is 468 g/mol. The fourth-order valence-corrected chi connectivity index (χ4v) is 4.80. The van der Waals surface area contributed by atoms with Crippen molar-refractivity contribution in [1.29, 1.82) is 0 Å². The Morgan fingerprint density at radius 3 is 2.42 bits per heavy atom. The zero-order valence-corrected chi connectivity index (χ0v) is 21.6. The fourth-order valence-electron chi connectivity index (χ4n) is 3.52. The summed E-state index contributed by atoms with van der Waals surface area (Å²) in [6, 6.07) is 13.3. The van der Waals surface area contributed by atoms with Crippen LogP contribution < -0.4 is 0 Å². The number of benzene rings is 1. The summed E-state index contributed by atoms with van der Waals surface area (Å²) in [5, 5.41) is 0.0838. The number of aryl methyl sites for hydroxylation is 1. The summed E-state index contributed by atoms with van der Waals surface area (Å²) in [5.41, 5.74) is 1.84. The van der Waals surface area contributed by atoms with Gasteiger partial charge in [-0.1, -0.05) is 70.4 Å². The molecule has 0 saturated heterocycles. The van der Waals surface area contributed by atoms with Crippen molar-refractivity contribution in [2.75, 3.05) is 0 Å². The lowest BCUT2D eigenvalue weighted by atomic mass is 10.0. The first-order valence-electron chi connectivity index (χ1n) is 11.9. The van der Waals surface area contributed by atoms with E-state index in [4.69, 9.17) is 8.84 Å². The van der Waals surface area contributed by atoms with Crippen LogP contribution in [0.2, 0.25) is 18.1 Å². The minimum atomic E-state index is -2.02. The van der Waals surface area contributed by atoms with Crippen molar-refractivity contribution in [2.45, 2.75) is 83.5 Å². The second kappa shape index (κ2) is 11.2. The van der Waals surface area contributed by atoms with Gasteiger partial charge in [0.25, 0.3) is 0 Å². The minimum absolute atomic E-state index is 0.0838. The van der Waals surface area contributed by atoms with Crippen molar-refractivity contribution in [3.05, 3.63) is 72.1 Å². The molecule has 3 aromatic rings. The van der Waals surface area contributed by atoms with E-state index in [0.717, 1.165) is 25.7 Å². The SMILES string of the molecule is CC(C)(C)[Si](C)(C)OC(CCCCCCc1ccccc1)c1ncc(-c2cc(F)ccn2)o1. The van der Waals surface area contributed by atoms with E-state index in [1.807, 2.05) is 0 Å². The molecule has 0 N–H and O–H groups in total. The van der Waals surface area contributed by atoms with E-state index < -0.39 is 8.32 Å². The van der Waals surface area contributed by atoms with Gasteiger partial charge in [0.1, 0.15) is 17.6 Å². The lowest BCUT2D eigenvalue weighted by Gasteiger charge is -2.38. The molecular formula is C27H37FN2O2Si. The van der Waals surface area contributed by atoms with Gasteiger partial charge in [0.2, 0.25) is 5.89 Å². The molecule has 2 heterocycles. The maximum Gasteiger partial charge on any atom is 0.222 e. The van der Waals surface area contributed by atoms with E-state index in [1.54, 1.807) is 6.20 Å². The van der Waals surface area contributed by atoms with E-state index in [2.05, 4.69) is 74.2 Å². The molecule has 1 atom stereocenters. The van der Waals surface area contributed by atoms with Crippen molar-refractivity contribution in [3.8, 4) is 11.5 Å². The lowest BCUT2D eigenvalue weighted by Crippen LogP contribution is -2.41. The molecule has 1 aromatic carbocycles. The van der Waals surface area contributed by atoms with Crippen molar-refractivity contribution in [3.63, 3.8) is 0 Å². The predicted octanol–water partition coefficient (Wildman–Crippen LogP) is 8.13. The third kappa shape index (κ3) is 7.34. The van der Waals surface area contributed by atoms with Crippen LogP contribution in [0.1, 0.15) is 70.4 Å². The minimum Gasteiger partial charge on any atom is -0.436 e. The summed E-state index contributed by atoms with van der Waals surface area (Å²) < 4.78 is 26.4. The molecular weight excluding hydrogens is 431 g/mol. The molecule has 1 unspecified atom stereocenters. The van der Waals surface area contributed by atoms with E-state index in [9.17, 15) is 4.39 Å². The highest BCUT2D eigenvalue weighted by Gasteiger charge is 2.40. The normalized spacial score (nSPS) is 13.3. The average Bonchev–Trinajstić information content (AvgIpc) is 3.25. The predicted molar refractivity (Wildman–Crippen MR) is 134 cm³/mol. The summed E-state index contributed by atoms with van der Waals surface area (Å²) in [6.45, 7) is 11.2. The van der Waals surface area contributed by atoms with Crippen LogP contribution in [0.25, 0.3) is 11.5 Å². The smallest absolute Gasteiger partial charge is 0.222 e. The molecule has 0 fully saturated rings. The molecule has 4 nitrogen and oxygen atoms in total. The van der Waals surface area contributed by atoms with Crippen LogP contribution in [0.5, 0.6) is 0 Å². The number of unbranched alkanes of at least 4 members (excludes halogenated alkanes) is 3. The molecule has 33 heavy (non-hydrogen) atoms. The van der Waals surface area contributed by atoms with Crippen molar-refractivity contribution < 1.29 is 13.2 Å². The van der Waals surface area contributed by atoms with E-state index >= 15 is 0 Å². The Morgan fingerprint density at radius 2 is 1.73 bits per heavy atom. The molecule has 178 valence electrons. The van der Waals surface area contributed by atoms with Gasteiger partial charge >= 0.3 is 0 Å². The summed E-state index contributed by atoms with van der Waals surface area (Å²) in [7, 11) is -2.02.